The molecule has 0 spiro atoms. The molecule has 5 aliphatic heterocycles. The van der Waals surface area contributed by atoms with Crippen molar-refractivity contribution in [2.75, 3.05) is 125 Å². The third kappa shape index (κ3) is 15.8. The van der Waals surface area contributed by atoms with Gasteiger partial charge < -0.3 is 38.4 Å². The zero-order valence-corrected chi connectivity index (χ0v) is 34.0. The van der Waals surface area contributed by atoms with Crippen LogP contribution in [0, 0.1) is 10.8 Å². The molecule has 9 atom stereocenters. The van der Waals surface area contributed by atoms with E-state index in [0.29, 0.717) is 56.9 Å². The van der Waals surface area contributed by atoms with Crippen molar-refractivity contribution in [3.63, 3.8) is 0 Å². The largest absolute Gasteiger partial charge is 0.465 e. The van der Waals surface area contributed by atoms with Gasteiger partial charge in [-0.3, -0.25) is 43.6 Å². The van der Waals surface area contributed by atoms with Gasteiger partial charge in [0.05, 0.1) is 62.8 Å². The van der Waals surface area contributed by atoms with Crippen molar-refractivity contribution in [3.8, 4) is 0 Å². The Kier molecular flexibility index (Phi) is 16.3. The molecule has 9 unspecified atom stereocenters. The molecular weight excluding hydrogens is 730 g/mol. The third-order valence-corrected chi connectivity index (χ3v) is 11.4. The Hall–Kier alpha value is -2.93. The number of hydrogen-bond donors (Lipinski definition) is 1. The molecule has 0 aromatic carbocycles. The first-order valence-corrected chi connectivity index (χ1v) is 20.4. The molecule has 0 aromatic heterocycles. The fourth-order valence-electron chi connectivity index (χ4n) is 6.42. The predicted octanol–water partition coefficient (Wildman–Crippen LogP) is -0.233. The molecule has 5 rings (SSSR count). The Morgan fingerprint density at radius 2 is 0.732 bits per heavy atom. The Morgan fingerprint density at radius 1 is 0.464 bits per heavy atom. The minimum Gasteiger partial charge on any atom is -0.465 e. The lowest BCUT2D eigenvalue weighted by molar-refractivity contribution is -0.172. The number of ether oxygens (including phenoxy) is 6. The van der Waals surface area contributed by atoms with Gasteiger partial charge in [-0.2, -0.15) is 0 Å². The van der Waals surface area contributed by atoms with E-state index in [0.717, 1.165) is 39.3 Å². The molecule has 0 saturated carbocycles. The van der Waals surface area contributed by atoms with Gasteiger partial charge in [-0.15, -0.1) is 0 Å². The lowest BCUT2D eigenvalue weighted by Crippen LogP contribution is -2.46. The van der Waals surface area contributed by atoms with Gasteiger partial charge in [-0.05, 0) is 27.7 Å². The van der Waals surface area contributed by atoms with Gasteiger partial charge in [0.2, 0.25) is 0 Å². The molecule has 5 fully saturated rings. The number of hydrogen-bond acceptors (Lipinski definition) is 17. The van der Waals surface area contributed by atoms with Crippen molar-refractivity contribution in [2.45, 2.75) is 84.0 Å². The lowest BCUT2D eigenvalue weighted by atomic mass is 9.90. The average molecular weight is 796 g/mol. The maximum absolute atomic E-state index is 13.0. The normalized spacial score (nSPS) is 29.2. The van der Waals surface area contributed by atoms with Gasteiger partial charge in [0.15, 0.2) is 0 Å². The molecule has 17 nitrogen and oxygen atoms in total. The van der Waals surface area contributed by atoms with E-state index in [9.17, 15) is 29.1 Å². The van der Waals surface area contributed by atoms with Crippen molar-refractivity contribution in [3.05, 3.63) is 0 Å². The third-order valence-electron chi connectivity index (χ3n) is 11.4. The summed E-state index contributed by atoms with van der Waals surface area (Å²) in [6.45, 7) is 14.1. The highest BCUT2D eigenvalue weighted by Gasteiger charge is 2.41. The monoisotopic (exact) mass is 795 g/mol. The van der Waals surface area contributed by atoms with Crippen LogP contribution >= 0.6 is 0 Å². The van der Waals surface area contributed by atoms with E-state index < -0.39 is 47.3 Å². The Labute approximate surface area is 331 Å². The van der Waals surface area contributed by atoms with Crippen molar-refractivity contribution in [1.29, 1.82) is 0 Å². The van der Waals surface area contributed by atoms with Gasteiger partial charge in [0.25, 0.3) is 0 Å². The molecular formula is C39H65N5O12. The summed E-state index contributed by atoms with van der Waals surface area (Å²) in [5.74, 6) is -2.29. The second-order valence-corrected chi connectivity index (χ2v) is 16.9. The van der Waals surface area contributed by atoms with Gasteiger partial charge >= 0.3 is 29.8 Å². The van der Waals surface area contributed by atoms with E-state index in [1.165, 1.54) is 0 Å². The maximum Gasteiger partial charge on any atom is 0.307 e. The highest BCUT2D eigenvalue weighted by atomic mass is 16.6. The molecule has 17 heteroatoms. The summed E-state index contributed by atoms with van der Waals surface area (Å²) in [5, 5.41) is 10.7. The average Bonchev–Trinajstić information content (AvgIpc) is 3.91. The van der Waals surface area contributed by atoms with E-state index in [4.69, 9.17) is 28.4 Å². The Morgan fingerprint density at radius 3 is 1.00 bits per heavy atom. The smallest absolute Gasteiger partial charge is 0.307 e. The van der Waals surface area contributed by atoms with Crippen LogP contribution in [0.25, 0.3) is 0 Å². The second-order valence-electron chi connectivity index (χ2n) is 16.9. The van der Waals surface area contributed by atoms with Crippen LogP contribution in [-0.2, 0) is 52.4 Å². The minimum atomic E-state index is -1.34. The van der Waals surface area contributed by atoms with Crippen LogP contribution in [0.3, 0.4) is 0 Å². The number of carbonyl (C=O) groups excluding carboxylic acids is 5. The maximum atomic E-state index is 13.0. The molecule has 5 saturated heterocycles. The Balaban J connectivity index is 1.25. The molecule has 1 N–H and O–H groups in total. The van der Waals surface area contributed by atoms with Crippen molar-refractivity contribution < 1.29 is 57.5 Å². The van der Waals surface area contributed by atoms with Crippen molar-refractivity contribution >= 4 is 29.8 Å². The van der Waals surface area contributed by atoms with Gasteiger partial charge in [-0.1, -0.05) is 0 Å². The van der Waals surface area contributed by atoms with Gasteiger partial charge in [0.1, 0.15) is 33.0 Å². The topological polar surface area (TPSA) is 176 Å². The zero-order valence-electron chi connectivity index (χ0n) is 34.0. The fourth-order valence-corrected chi connectivity index (χ4v) is 6.42. The summed E-state index contributed by atoms with van der Waals surface area (Å²) in [5.41, 5.74) is -2.66. The first kappa shape index (κ1) is 44.2. The first-order valence-electron chi connectivity index (χ1n) is 20.4. The summed E-state index contributed by atoms with van der Waals surface area (Å²) in [7, 11) is 0. The van der Waals surface area contributed by atoms with Crippen LogP contribution in [0.4, 0.5) is 0 Å². The number of nitrogens with zero attached hydrogens (tertiary/aromatic N) is 5. The molecule has 0 radical (unpaired) electrons. The molecule has 5 heterocycles. The molecule has 5 aliphatic rings. The first-order chi connectivity index (χ1) is 26.8. The molecule has 0 aromatic rings. The molecule has 0 bridgehead atoms. The number of esters is 5. The zero-order chi connectivity index (χ0) is 40.3. The standard InChI is InChI=1S/C39H65N5O12/c1-29-17-41(29)11-6-34(47)53-25-38(21-45,24-52-33(46)5-10-40-15-16-40)22-51-23-39(26-54-35(48)7-12-42-18-30(42)2,27-55-36(49)8-13-43-19-31(43)3)28-56-37(50)9-14-44-20-32(44)4/h29-32,45H,5-28H2,1-4H3. The second kappa shape index (κ2) is 20.7. The quantitative estimate of drug-likeness (QED) is 0.0573. The fraction of sp³-hybridized carbons (Fsp3) is 0.872. The van der Waals surface area contributed by atoms with Gasteiger partial charge in [-0.25, -0.2) is 0 Å². The summed E-state index contributed by atoms with van der Waals surface area (Å²) in [6.07, 6.45) is 0.800. The number of aliphatic hydroxyl groups is 1. The van der Waals surface area contributed by atoms with E-state index in [-0.39, 0.29) is 78.4 Å². The van der Waals surface area contributed by atoms with Crippen LogP contribution in [0.15, 0.2) is 0 Å². The number of rotatable bonds is 30. The van der Waals surface area contributed by atoms with Crippen molar-refractivity contribution in [1.82, 2.24) is 24.5 Å². The highest BCUT2D eigenvalue weighted by molar-refractivity contribution is 5.71. The van der Waals surface area contributed by atoms with Crippen LogP contribution in [0.5, 0.6) is 0 Å². The van der Waals surface area contributed by atoms with Crippen LogP contribution in [0.1, 0.15) is 59.8 Å². The molecule has 56 heavy (non-hydrogen) atoms. The Bertz CT molecular complexity index is 1260. The van der Waals surface area contributed by atoms with Crippen LogP contribution in [-0.4, -0.2) is 208 Å². The lowest BCUT2D eigenvalue weighted by Gasteiger charge is -2.35. The van der Waals surface area contributed by atoms with Crippen LogP contribution in [0.2, 0.25) is 0 Å². The minimum absolute atomic E-state index is 0.154. The molecule has 0 aliphatic carbocycles. The van der Waals surface area contributed by atoms with E-state index >= 15 is 0 Å². The molecule has 0 amide bonds. The predicted molar refractivity (Wildman–Crippen MR) is 201 cm³/mol. The number of aliphatic hydroxyl groups excluding tert-OH is 1. The summed E-state index contributed by atoms with van der Waals surface area (Å²) >= 11 is 0. The van der Waals surface area contributed by atoms with Gasteiger partial charge in [0, 0.05) is 96.2 Å². The number of carbonyl (C=O) groups is 5. The summed E-state index contributed by atoms with van der Waals surface area (Å²) in [4.78, 5) is 75.0. The van der Waals surface area contributed by atoms with E-state index in [1.54, 1.807) is 0 Å². The summed E-state index contributed by atoms with van der Waals surface area (Å²) in [6, 6.07) is 1.68. The molecule has 318 valence electrons. The SMILES string of the molecule is CC1CN1CCC(=O)OCC(CO)(COCC(COC(=O)CCN1CC1C)(COC(=O)CCN1CC1C)COC(=O)CCN1CC1C)COC(=O)CCN1CC1. The van der Waals surface area contributed by atoms with E-state index in [2.05, 4.69) is 52.2 Å². The summed E-state index contributed by atoms with van der Waals surface area (Å²) < 4.78 is 34.8. The highest BCUT2D eigenvalue weighted by Crippen LogP contribution is 2.27. The van der Waals surface area contributed by atoms with Crippen LogP contribution < -0.4 is 0 Å². The van der Waals surface area contributed by atoms with Crippen molar-refractivity contribution in [2.24, 2.45) is 10.8 Å². The van der Waals surface area contributed by atoms with E-state index in [1.807, 2.05) is 0 Å².